The van der Waals surface area contributed by atoms with Gasteiger partial charge in [0, 0.05) is 26.2 Å². The van der Waals surface area contributed by atoms with Crippen molar-refractivity contribution in [3.8, 4) is 0 Å². The lowest BCUT2D eigenvalue weighted by molar-refractivity contribution is 0.0192. The predicted octanol–water partition coefficient (Wildman–Crippen LogP) is 2.44. The van der Waals surface area contributed by atoms with Crippen LogP contribution in [0.5, 0.6) is 0 Å². The maximum atomic E-state index is 12.2. The van der Waals surface area contributed by atoms with Crippen LogP contribution in [0.2, 0.25) is 5.15 Å². The molecule has 2 heterocycles. The largest absolute Gasteiger partial charge is 0.444 e. The van der Waals surface area contributed by atoms with Gasteiger partial charge >= 0.3 is 6.09 Å². The summed E-state index contributed by atoms with van der Waals surface area (Å²) < 4.78 is 7.43. The van der Waals surface area contributed by atoms with Gasteiger partial charge in [-0.15, -0.1) is 0 Å². The van der Waals surface area contributed by atoms with Crippen molar-refractivity contribution in [3.05, 3.63) is 17.2 Å². The second-order valence-electron chi connectivity index (χ2n) is 6.14. The van der Waals surface area contributed by atoms with Crippen molar-refractivity contribution in [2.45, 2.75) is 45.9 Å². The molecule has 1 N–H and O–H groups in total. The second kappa shape index (κ2) is 6.23. The SMILES string of the molecule is CCn1cnc(Cl)c1C1CN(C(=O)OC(C)(C)C)CCN1. The van der Waals surface area contributed by atoms with E-state index in [2.05, 4.69) is 10.3 Å². The third kappa shape index (κ3) is 3.89. The first-order chi connectivity index (χ1) is 9.81. The van der Waals surface area contributed by atoms with Gasteiger partial charge in [0.05, 0.1) is 18.1 Å². The number of amides is 1. The van der Waals surface area contributed by atoms with Gasteiger partial charge in [0.2, 0.25) is 0 Å². The van der Waals surface area contributed by atoms with Crippen LogP contribution in [0.15, 0.2) is 6.33 Å². The highest BCUT2D eigenvalue weighted by atomic mass is 35.5. The highest BCUT2D eigenvalue weighted by molar-refractivity contribution is 6.30. The van der Waals surface area contributed by atoms with Crippen LogP contribution in [-0.4, -0.2) is 45.8 Å². The Balaban J connectivity index is 2.10. The molecule has 1 amide bonds. The Morgan fingerprint density at radius 3 is 2.90 bits per heavy atom. The Morgan fingerprint density at radius 2 is 2.29 bits per heavy atom. The first-order valence-corrected chi connectivity index (χ1v) is 7.61. The molecule has 1 fully saturated rings. The van der Waals surface area contributed by atoms with Crippen LogP contribution in [0.4, 0.5) is 4.79 Å². The number of hydrogen-bond acceptors (Lipinski definition) is 4. The lowest BCUT2D eigenvalue weighted by Gasteiger charge is -2.35. The summed E-state index contributed by atoms with van der Waals surface area (Å²) in [7, 11) is 0. The van der Waals surface area contributed by atoms with E-state index in [0.29, 0.717) is 24.8 Å². The highest BCUT2D eigenvalue weighted by Gasteiger charge is 2.30. The molecule has 0 bridgehead atoms. The number of ether oxygens (including phenoxy) is 1. The lowest BCUT2D eigenvalue weighted by Crippen LogP contribution is -2.50. The summed E-state index contributed by atoms with van der Waals surface area (Å²) in [4.78, 5) is 18.1. The van der Waals surface area contributed by atoms with Crippen molar-refractivity contribution in [1.29, 1.82) is 0 Å². The molecule has 1 atom stereocenters. The number of carbonyl (C=O) groups is 1. The average molecular weight is 315 g/mol. The zero-order valence-electron chi connectivity index (χ0n) is 13.0. The number of piperazine rings is 1. The molecule has 1 aromatic heterocycles. The van der Waals surface area contributed by atoms with Crippen LogP contribution in [0.1, 0.15) is 39.4 Å². The number of nitrogens with zero attached hydrogens (tertiary/aromatic N) is 3. The lowest BCUT2D eigenvalue weighted by atomic mass is 10.1. The molecule has 0 aromatic carbocycles. The summed E-state index contributed by atoms with van der Waals surface area (Å²) >= 11 is 6.18. The summed E-state index contributed by atoms with van der Waals surface area (Å²) in [5.74, 6) is 0. The Labute approximate surface area is 130 Å². The minimum absolute atomic E-state index is 0.0266. The van der Waals surface area contributed by atoms with Crippen molar-refractivity contribution in [1.82, 2.24) is 19.8 Å². The Bertz CT molecular complexity index is 510. The van der Waals surface area contributed by atoms with Crippen molar-refractivity contribution in [3.63, 3.8) is 0 Å². The third-order valence-corrected chi connectivity index (χ3v) is 3.62. The minimum atomic E-state index is -0.486. The summed E-state index contributed by atoms with van der Waals surface area (Å²) in [5, 5.41) is 3.88. The zero-order valence-corrected chi connectivity index (χ0v) is 13.8. The van der Waals surface area contributed by atoms with E-state index in [0.717, 1.165) is 12.2 Å². The Kier molecular flexibility index (Phi) is 4.78. The summed E-state index contributed by atoms with van der Waals surface area (Å²) in [5.41, 5.74) is 0.438. The maximum absolute atomic E-state index is 12.2. The third-order valence-electron chi connectivity index (χ3n) is 3.33. The van der Waals surface area contributed by atoms with Crippen LogP contribution in [-0.2, 0) is 11.3 Å². The zero-order chi connectivity index (χ0) is 15.6. The second-order valence-corrected chi connectivity index (χ2v) is 6.50. The van der Waals surface area contributed by atoms with Gasteiger partial charge < -0.3 is 19.5 Å². The molecule has 1 aliphatic rings. The van der Waals surface area contributed by atoms with Gasteiger partial charge in [0.1, 0.15) is 5.60 Å². The van der Waals surface area contributed by atoms with Gasteiger partial charge in [-0.05, 0) is 27.7 Å². The van der Waals surface area contributed by atoms with Crippen LogP contribution in [0, 0.1) is 0 Å². The fraction of sp³-hybridized carbons (Fsp3) is 0.714. The number of imidazole rings is 1. The first-order valence-electron chi connectivity index (χ1n) is 7.23. The normalized spacial score (nSPS) is 19.7. The van der Waals surface area contributed by atoms with E-state index in [-0.39, 0.29) is 12.1 Å². The van der Waals surface area contributed by atoms with Gasteiger partial charge in [-0.25, -0.2) is 9.78 Å². The van der Waals surface area contributed by atoms with E-state index in [9.17, 15) is 4.79 Å². The van der Waals surface area contributed by atoms with Crippen molar-refractivity contribution in [2.75, 3.05) is 19.6 Å². The fourth-order valence-corrected chi connectivity index (χ4v) is 2.67. The highest BCUT2D eigenvalue weighted by Crippen LogP contribution is 2.25. The summed E-state index contributed by atoms with van der Waals surface area (Å²) in [6, 6.07) is -0.0266. The molecule has 1 unspecified atom stereocenters. The van der Waals surface area contributed by atoms with E-state index in [1.54, 1.807) is 11.2 Å². The molecule has 1 saturated heterocycles. The predicted molar refractivity (Wildman–Crippen MR) is 81.5 cm³/mol. The number of hydrogen-bond donors (Lipinski definition) is 1. The topological polar surface area (TPSA) is 59.4 Å². The molecule has 2 rings (SSSR count). The quantitative estimate of drug-likeness (QED) is 0.911. The monoisotopic (exact) mass is 314 g/mol. The molecule has 6 nitrogen and oxygen atoms in total. The van der Waals surface area contributed by atoms with Crippen LogP contribution >= 0.6 is 11.6 Å². The molecule has 1 aliphatic heterocycles. The minimum Gasteiger partial charge on any atom is -0.444 e. The smallest absolute Gasteiger partial charge is 0.410 e. The first kappa shape index (κ1) is 16.1. The standard InChI is InChI=1S/C14H23ClN4O2/c1-5-18-9-17-12(15)11(18)10-8-19(7-6-16-10)13(20)21-14(2,3)4/h9-10,16H,5-8H2,1-4H3. The number of nitrogens with one attached hydrogen (secondary N) is 1. The molecule has 1 aromatic rings. The van der Waals surface area contributed by atoms with Crippen molar-refractivity contribution in [2.24, 2.45) is 0 Å². The molecule has 0 aliphatic carbocycles. The van der Waals surface area contributed by atoms with E-state index in [1.807, 2.05) is 32.3 Å². The van der Waals surface area contributed by atoms with Crippen molar-refractivity contribution >= 4 is 17.7 Å². The number of rotatable bonds is 2. The molecular formula is C14H23ClN4O2. The van der Waals surface area contributed by atoms with Crippen LogP contribution in [0.3, 0.4) is 0 Å². The van der Waals surface area contributed by atoms with E-state index >= 15 is 0 Å². The van der Waals surface area contributed by atoms with E-state index in [4.69, 9.17) is 16.3 Å². The summed E-state index contributed by atoms with van der Waals surface area (Å²) in [6.07, 6.45) is 1.44. The molecule has 0 spiro atoms. The fourth-order valence-electron chi connectivity index (χ4n) is 2.39. The van der Waals surface area contributed by atoms with Gasteiger partial charge in [-0.2, -0.15) is 0 Å². The van der Waals surface area contributed by atoms with Crippen LogP contribution in [0.25, 0.3) is 0 Å². The molecule has 0 radical (unpaired) electrons. The van der Waals surface area contributed by atoms with Gasteiger partial charge in [0.25, 0.3) is 0 Å². The van der Waals surface area contributed by atoms with Crippen molar-refractivity contribution < 1.29 is 9.53 Å². The van der Waals surface area contributed by atoms with Crippen LogP contribution < -0.4 is 5.32 Å². The Hall–Kier alpha value is -1.27. The van der Waals surface area contributed by atoms with E-state index in [1.165, 1.54) is 0 Å². The number of aryl methyl sites for hydroxylation is 1. The number of aromatic nitrogens is 2. The van der Waals surface area contributed by atoms with Gasteiger partial charge in [0.15, 0.2) is 5.15 Å². The number of halogens is 1. The average Bonchev–Trinajstić information content (AvgIpc) is 2.78. The molecular weight excluding hydrogens is 292 g/mol. The molecule has 0 saturated carbocycles. The number of carbonyl (C=O) groups excluding carboxylic acids is 1. The molecule has 118 valence electrons. The maximum Gasteiger partial charge on any atom is 0.410 e. The van der Waals surface area contributed by atoms with Gasteiger partial charge in [-0.3, -0.25) is 0 Å². The van der Waals surface area contributed by atoms with Gasteiger partial charge in [-0.1, -0.05) is 11.6 Å². The summed E-state index contributed by atoms with van der Waals surface area (Å²) in [6.45, 7) is 10.3. The molecule has 21 heavy (non-hydrogen) atoms. The molecule has 7 heteroatoms. The Morgan fingerprint density at radius 1 is 1.57 bits per heavy atom. The van der Waals surface area contributed by atoms with E-state index < -0.39 is 5.60 Å².